The molecule has 0 N–H and O–H groups in total. The predicted octanol–water partition coefficient (Wildman–Crippen LogP) is 2.85. The van der Waals surface area contributed by atoms with E-state index >= 15 is 0 Å². The van der Waals surface area contributed by atoms with Crippen LogP contribution < -0.4 is 4.74 Å². The summed E-state index contributed by atoms with van der Waals surface area (Å²) < 4.78 is 6.73. The first-order valence-electron chi connectivity index (χ1n) is 5.89. The molecular formula is C12H17IN2OS. The van der Waals surface area contributed by atoms with E-state index in [2.05, 4.69) is 32.5 Å². The monoisotopic (exact) mass is 364 g/mol. The normalized spacial score (nSPS) is 16.3. The van der Waals surface area contributed by atoms with Gasteiger partial charge in [0.2, 0.25) is 5.88 Å². The molecule has 2 rings (SSSR count). The fourth-order valence-corrected chi connectivity index (χ4v) is 3.04. The van der Waals surface area contributed by atoms with E-state index in [1.807, 2.05) is 30.1 Å². The van der Waals surface area contributed by atoms with Crippen molar-refractivity contribution in [1.29, 1.82) is 0 Å². The summed E-state index contributed by atoms with van der Waals surface area (Å²) in [5, 5.41) is 0. The number of unbranched alkanes of at least 4 members (excludes halogenated alkanes) is 1. The smallest absolute Gasteiger partial charge is 0.213 e. The topological polar surface area (TPSA) is 25.4 Å². The average molecular weight is 364 g/mol. The standard InChI is InChI=1S/C12H17IN2OS/c13-11-3-4-12(14-9-11)16-7-2-1-5-15-6-8-17-10-15/h3-4,9H,1-2,5-8,10H2. The number of pyridine rings is 1. The second-order valence-electron chi connectivity index (χ2n) is 4.03. The summed E-state index contributed by atoms with van der Waals surface area (Å²) in [5.41, 5.74) is 0. The molecule has 0 aliphatic carbocycles. The van der Waals surface area contributed by atoms with Crippen LogP contribution in [0.25, 0.3) is 0 Å². The lowest BCUT2D eigenvalue weighted by Gasteiger charge is -2.13. The van der Waals surface area contributed by atoms with Crippen molar-refractivity contribution in [2.24, 2.45) is 0 Å². The zero-order valence-electron chi connectivity index (χ0n) is 9.77. The molecule has 1 saturated heterocycles. The van der Waals surface area contributed by atoms with E-state index in [0.29, 0.717) is 0 Å². The van der Waals surface area contributed by atoms with E-state index in [4.69, 9.17) is 4.74 Å². The molecule has 5 heteroatoms. The van der Waals surface area contributed by atoms with Crippen LogP contribution in [-0.4, -0.2) is 41.2 Å². The van der Waals surface area contributed by atoms with Gasteiger partial charge in [-0.05, 0) is 48.0 Å². The van der Waals surface area contributed by atoms with Gasteiger partial charge in [-0.1, -0.05) is 0 Å². The zero-order chi connectivity index (χ0) is 11.9. The summed E-state index contributed by atoms with van der Waals surface area (Å²) in [4.78, 5) is 6.72. The summed E-state index contributed by atoms with van der Waals surface area (Å²) >= 11 is 4.27. The van der Waals surface area contributed by atoms with Crippen LogP contribution in [0.1, 0.15) is 12.8 Å². The Kier molecular flexibility index (Phi) is 5.87. The Morgan fingerprint density at radius 1 is 1.41 bits per heavy atom. The van der Waals surface area contributed by atoms with E-state index in [-0.39, 0.29) is 0 Å². The minimum absolute atomic E-state index is 0.738. The first-order chi connectivity index (χ1) is 8.34. The first-order valence-corrected chi connectivity index (χ1v) is 8.12. The quantitative estimate of drug-likeness (QED) is 0.573. The third-order valence-corrected chi connectivity index (χ3v) is 4.30. The van der Waals surface area contributed by atoms with Crippen molar-refractivity contribution >= 4 is 34.4 Å². The molecule has 2 heterocycles. The van der Waals surface area contributed by atoms with Gasteiger partial charge >= 0.3 is 0 Å². The Labute approximate surface area is 120 Å². The third kappa shape index (κ3) is 5.01. The van der Waals surface area contributed by atoms with E-state index < -0.39 is 0 Å². The molecule has 1 aromatic rings. The van der Waals surface area contributed by atoms with Crippen LogP contribution in [0.4, 0.5) is 0 Å². The lowest BCUT2D eigenvalue weighted by atomic mass is 10.3. The van der Waals surface area contributed by atoms with Crippen molar-refractivity contribution in [3.05, 3.63) is 21.9 Å². The molecular weight excluding hydrogens is 347 g/mol. The Hall–Kier alpha value is -0.0100. The molecule has 0 unspecified atom stereocenters. The van der Waals surface area contributed by atoms with Crippen LogP contribution in [0.3, 0.4) is 0 Å². The van der Waals surface area contributed by atoms with Crippen LogP contribution in [0.5, 0.6) is 5.88 Å². The number of hydrogen-bond donors (Lipinski definition) is 0. The largest absolute Gasteiger partial charge is 0.478 e. The average Bonchev–Trinajstić information content (AvgIpc) is 2.84. The highest BCUT2D eigenvalue weighted by atomic mass is 127. The highest BCUT2D eigenvalue weighted by Crippen LogP contribution is 2.14. The van der Waals surface area contributed by atoms with Gasteiger partial charge in [0, 0.05) is 34.0 Å². The maximum absolute atomic E-state index is 5.59. The van der Waals surface area contributed by atoms with Crippen LogP contribution in [0.2, 0.25) is 0 Å². The van der Waals surface area contributed by atoms with Gasteiger partial charge < -0.3 is 4.74 Å². The highest BCUT2D eigenvalue weighted by Gasteiger charge is 2.10. The van der Waals surface area contributed by atoms with Crippen molar-refractivity contribution in [1.82, 2.24) is 9.88 Å². The van der Waals surface area contributed by atoms with Gasteiger partial charge in [-0.3, -0.25) is 4.90 Å². The first kappa shape index (κ1) is 13.4. The van der Waals surface area contributed by atoms with Crippen LogP contribution in [0.15, 0.2) is 18.3 Å². The van der Waals surface area contributed by atoms with E-state index in [1.165, 1.54) is 31.1 Å². The fourth-order valence-electron chi connectivity index (χ4n) is 1.69. The third-order valence-electron chi connectivity index (χ3n) is 2.64. The highest BCUT2D eigenvalue weighted by molar-refractivity contribution is 14.1. The lowest BCUT2D eigenvalue weighted by Crippen LogP contribution is -2.21. The molecule has 3 nitrogen and oxygen atoms in total. The molecule has 1 aromatic heterocycles. The Balaban J connectivity index is 1.55. The van der Waals surface area contributed by atoms with Crippen LogP contribution in [0, 0.1) is 3.57 Å². The molecule has 0 spiro atoms. The number of ether oxygens (including phenoxy) is 1. The molecule has 0 bridgehead atoms. The van der Waals surface area contributed by atoms with Crippen molar-refractivity contribution in [3.8, 4) is 5.88 Å². The Bertz CT molecular complexity index is 328. The minimum Gasteiger partial charge on any atom is -0.478 e. The van der Waals surface area contributed by atoms with Crippen molar-refractivity contribution < 1.29 is 4.74 Å². The summed E-state index contributed by atoms with van der Waals surface area (Å²) in [6.07, 6.45) is 4.15. The molecule has 94 valence electrons. The van der Waals surface area contributed by atoms with Crippen molar-refractivity contribution in [2.45, 2.75) is 12.8 Å². The zero-order valence-corrected chi connectivity index (χ0v) is 12.7. The molecule has 0 aromatic carbocycles. The maximum Gasteiger partial charge on any atom is 0.213 e. The minimum atomic E-state index is 0.738. The number of hydrogen-bond acceptors (Lipinski definition) is 4. The van der Waals surface area contributed by atoms with Gasteiger partial charge in [0.25, 0.3) is 0 Å². The number of thioether (sulfide) groups is 1. The fraction of sp³-hybridized carbons (Fsp3) is 0.583. The van der Waals surface area contributed by atoms with Gasteiger partial charge in [0.05, 0.1) is 6.61 Å². The van der Waals surface area contributed by atoms with E-state index in [0.717, 1.165) is 22.5 Å². The van der Waals surface area contributed by atoms with Gasteiger partial charge in [0.15, 0.2) is 0 Å². The second-order valence-corrected chi connectivity index (χ2v) is 6.35. The number of rotatable bonds is 6. The Morgan fingerprint density at radius 3 is 3.06 bits per heavy atom. The number of halogens is 1. The van der Waals surface area contributed by atoms with E-state index in [1.54, 1.807) is 0 Å². The molecule has 1 aliphatic heterocycles. The molecule has 17 heavy (non-hydrogen) atoms. The lowest BCUT2D eigenvalue weighted by molar-refractivity contribution is 0.276. The SMILES string of the molecule is Ic1ccc(OCCCCN2CCSC2)nc1. The summed E-state index contributed by atoms with van der Waals surface area (Å²) in [7, 11) is 0. The van der Waals surface area contributed by atoms with Crippen molar-refractivity contribution in [2.75, 3.05) is 31.3 Å². The van der Waals surface area contributed by atoms with Gasteiger partial charge in [-0.15, -0.1) is 11.8 Å². The summed E-state index contributed by atoms with van der Waals surface area (Å²) in [6, 6.07) is 3.95. The van der Waals surface area contributed by atoms with Gasteiger partial charge in [-0.2, -0.15) is 0 Å². The number of aromatic nitrogens is 1. The Morgan fingerprint density at radius 2 is 2.35 bits per heavy atom. The molecule has 0 radical (unpaired) electrons. The summed E-state index contributed by atoms with van der Waals surface area (Å²) in [6.45, 7) is 3.23. The summed E-state index contributed by atoms with van der Waals surface area (Å²) in [5.74, 6) is 3.24. The number of nitrogens with zero attached hydrogens (tertiary/aromatic N) is 2. The molecule has 0 saturated carbocycles. The molecule has 1 fully saturated rings. The molecule has 1 aliphatic rings. The van der Waals surface area contributed by atoms with Gasteiger partial charge in [0.1, 0.15) is 0 Å². The van der Waals surface area contributed by atoms with E-state index in [9.17, 15) is 0 Å². The predicted molar refractivity (Wildman–Crippen MR) is 80.6 cm³/mol. The molecule has 0 amide bonds. The van der Waals surface area contributed by atoms with Crippen molar-refractivity contribution in [3.63, 3.8) is 0 Å². The van der Waals surface area contributed by atoms with Crippen LogP contribution in [-0.2, 0) is 0 Å². The second kappa shape index (κ2) is 7.43. The van der Waals surface area contributed by atoms with Crippen LogP contribution >= 0.6 is 34.4 Å². The van der Waals surface area contributed by atoms with Gasteiger partial charge in [-0.25, -0.2) is 4.98 Å². The molecule has 0 atom stereocenters. The maximum atomic E-state index is 5.59.